The zero-order chi connectivity index (χ0) is 39.1. The SMILES string of the molecule is CCSC(=O)C1C23c4c5c6c7c8c9c(c%10c%11c2c2c4c4c%12c5c5c6c6c8c8c%13c9c9c%10c%10c%11c%11c2c2c4c4c%12c%12c5c5c6c8c6c8c%13c9c9c%10c%10c%11c2c2c4c4c%12c5c6c5c8c9c%10c2c45)C713. The van der Waals surface area contributed by atoms with E-state index in [-0.39, 0.29) is 16.7 Å². The normalized spacial score (nSPS) is 24.0. The van der Waals surface area contributed by atoms with E-state index in [9.17, 15) is 0 Å². The van der Waals surface area contributed by atoms with Gasteiger partial charge in [0.05, 0.1) is 5.92 Å². The van der Waals surface area contributed by atoms with Crippen LogP contribution in [-0.2, 0) is 15.6 Å². The summed E-state index contributed by atoms with van der Waals surface area (Å²) in [6.07, 6.45) is 0. The van der Waals surface area contributed by atoms with Crippen LogP contribution in [-0.4, -0.2) is 10.9 Å². The van der Waals surface area contributed by atoms with E-state index in [2.05, 4.69) is 6.92 Å². The molecular formula is C64H6OS. The quantitative estimate of drug-likeness (QED) is 0.162. The molecule has 1 saturated carbocycles. The van der Waals surface area contributed by atoms with Crippen molar-refractivity contribution in [3.63, 3.8) is 0 Å². The highest BCUT2D eigenvalue weighted by Gasteiger charge is 2.88. The molecule has 0 radical (unpaired) electrons. The standard InChI is InChI=1S/C64H6OS/c1-2-66-62(65)61-63-57-49-41-31-21-13-5-3-4-7-11-9(5)17-25-19(11)29-23-15(7)16-8(4)12-10-6(3)14(13)22-28-18(10)26-20(12)30-24(16)34-33(23)43-37(29)47-39(25)45(35(41)27(17)21)53(57)55(47)59-51(43)52-44(34)38(30)48-40(26)46-36(28)42(32(22)31)50(49)58(63)54(46)56(48)60(52)64(59,61)63/h61H,2H2,1H3. The van der Waals surface area contributed by atoms with Gasteiger partial charge in [0.15, 0.2) is 5.12 Å². The van der Waals surface area contributed by atoms with Gasteiger partial charge >= 0.3 is 0 Å². The average molecular weight is 823 g/mol. The van der Waals surface area contributed by atoms with Gasteiger partial charge in [-0.2, -0.15) is 0 Å². The van der Waals surface area contributed by atoms with Crippen molar-refractivity contribution in [3.8, 4) is 0 Å². The second-order valence-corrected chi connectivity index (χ2v) is 25.8. The molecule has 28 aromatic carbocycles. The van der Waals surface area contributed by atoms with E-state index in [1.165, 1.54) is 0 Å². The van der Waals surface area contributed by atoms with Crippen molar-refractivity contribution < 1.29 is 4.79 Å². The number of carbonyl (C=O) groups excluding carboxylic acids is 1. The monoisotopic (exact) mass is 822 g/mol. The lowest BCUT2D eigenvalue weighted by Gasteiger charge is -2.32. The largest absolute Gasteiger partial charge is 0.287 e. The van der Waals surface area contributed by atoms with Gasteiger partial charge in [0.1, 0.15) is 0 Å². The molecule has 2 heteroatoms. The molecule has 5 aliphatic carbocycles. The molecule has 0 atom stereocenters. The maximum Gasteiger partial charge on any atom is 0.194 e. The lowest BCUT2D eigenvalue weighted by Crippen LogP contribution is -2.27. The fourth-order valence-electron chi connectivity index (χ4n) is 25.0. The van der Waals surface area contributed by atoms with Gasteiger partial charge < -0.3 is 0 Å². The van der Waals surface area contributed by atoms with Crippen LogP contribution in [0.3, 0.4) is 0 Å². The Kier molecular flexibility index (Phi) is 1.93. The second kappa shape index (κ2) is 5.27. The summed E-state index contributed by atoms with van der Waals surface area (Å²) in [5.74, 6) is 0.740. The number of thioether (sulfide) groups is 1. The van der Waals surface area contributed by atoms with Gasteiger partial charge in [-0.05, 0) is 319 Å². The van der Waals surface area contributed by atoms with E-state index in [1.807, 2.05) is 0 Å². The molecular weight excluding hydrogens is 817 g/mol. The summed E-state index contributed by atoms with van der Waals surface area (Å²) in [5.41, 5.74) is 5.77. The molecule has 0 saturated heterocycles. The van der Waals surface area contributed by atoms with Gasteiger partial charge in [-0.25, -0.2) is 0 Å². The molecule has 33 rings (SSSR count). The van der Waals surface area contributed by atoms with Crippen LogP contribution in [0.25, 0.3) is 291 Å². The van der Waals surface area contributed by atoms with Crippen molar-refractivity contribution >= 4 is 308 Å². The summed E-state index contributed by atoms with van der Waals surface area (Å²) in [6, 6.07) is 0. The zero-order valence-electron chi connectivity index (χ0n) is 33.6. The van der Waals surface area contributed by atoms with Crippen molar-refractivity contribution in [2.75, 3.05) is 5.75 Å². The van der Waals surface area contributed by atoms with Crippen LogP contribution in [0, 0.1) is 5.92 Å². The summed E-state index contributed by atoms with van der Waals surface area (Å²) in [5, 5.41) is 88.0. The number of hydrogen-bond acceptors (Lipinski definition) is 2. The first-order chi connectivity index (χ1) is 32.8. The second-order valence-electron chi connectivity index (χ2n) is 24.6. The van der Waals surface area contributed by atoms with Crippen molar-refractivity contribution in [1.82, 2.24) is 0 Å². The van der Waals surface area contributed by atoms with Crippen LogP contribution in [0.2, 0.25) is 0 Å². The summed E-state index contributed by atoms with van der Waals surface area (Å²) >= 11 is 1.66. The molecule has 0 heterocycles. The van der Waals surface area contributed by atoms with Crippen LogP contribution in [0.15, 0.2) is 0 Å². The predicted octanol–water partition coefficient (Wildman–Crippen LogP) is 17.2. The Labute approximate surface area is 362 Å². The van der Waals surface area contributed by atoms with Gasteiger partial charge in [0, 0.05) is 10.8 Å². The molecule has 0 aliphatic heterocycles. The Morgan fingerprint density at radius 3 is 0.500 bits per heavy atom. The van der Waals surface area contributed by atoms with Gasteiger partial charge in [-0.3, -0.25) is 4.79 Å². The number of rotatable bonds is 2. The molecule has 0 N–H and O–H groups in total. The van der Waals surface area contributed by atoms with Crippen molar-refractivity contribution in [1.29, 1.82) is 0 Å². The average Bonchev–Trinajstić information content (AvgIpc) is 4.19. The first-order valence-corrected chi connectivity index (χ1v) is 25.8. The van der Waals surface area contributed by atoms with Gasteiger partial charge in [-0.15, -0.1) is 0 Å². The van der Waals surface area contributed by atoms with Crippen LogP contribution < -0.4 is 0 Å². The number of benzene rings is 18. The third kappa shape index (κ3) is 1.19. The number of carbonyl (C=O) groups is 1. The van der Waals surface area contributed by atoms with Crippen molar-refractivity contribution in [3.05, 3.63) is 22.3 Å². The van der Waals surface area contributed by atoms with E-state index in [0.29, 0.717) is 5.12 Å². The Morgan fingerprint density at radius 2 is 0.379 bits per heavy atom. The summed E-state index contributed by atoms with van der Waals surface area (Å²) in [6.45, 7) is 2.23. The van der Waals surface area contributed by atoms with E-state index < -0.39 is 0 Å². The molecule has 5 aliphatic rings. The molecule has 1 nitrogen and oxygen atoms in total. The highest BCUT2D eigenvalue weighted by atomic mass is 32.2. The van der Waals surface area contributed by atoms with Crippen LogP contribution >= 0.6 is 11.8 Å². The molecule has 1 fully saturated rings. The lowest BCUT2D eigenvalue weighted by atomic mass is 9.68. The molecule has 28 aromatic rings. The maximum absolute atomic E-state index is 16.1. The fourth-order valence-corrected chi connectivity index (χ4v) is 25.8. The maximum atomic E-state index is 16.1. The Balaban J connectivity index is 1.24. The van der Waals surface area contributed by atoms with Crippen molar-refractivity contribution in [2.45, 2.75) is 17.8 Å². The van der Waals surface area contributed by atoms with Crippen LogP contribution in [0.1, 0.15) is 29.2 Å². The topological polar surface area (TPSA) is 17.1 Å². The lowest BCUT2D eigenvalue weighted by molar-refractivity contribution is -0.112. The first-order valence-electron chi connectivity index (χ1n) is 24.8. The van der Waals surface area contributed by atoms with Gasteiger partial charge in [-0.1, -0.05) is 18.7 Å². The van der Waals surface area contributed by atoms with E-state index in [1.54, 1.807) is 325 Å². The summed E-state index contributed by atoms with van der Waals surface area (Å²) in [4.78, 5) is 16.1. The van der Waals surface area contributed by atoms with E-state index >= 15 is 4.79 Å². The van der Waals surface area contributed by atoms with Gasteiger partial charge in [0.25, 0.3) is 0 Å². The molecule has 2 spiro atoms. The zero-order valence-corrected chi connectivity index (χ0v) is 34.4. The predicted molar refractivity (Wildman–Crippen MR) is 281 cm³/mol. The number of hydrogen-bond donors (Lipinski definition) is 0. The van der Waals surface area contributed by atoms with Crippen LogP contribution in [0.4, 0.5) is 0 Å². The van der Waals surface area contributed by atoms with E-state index in [4.69, 9.17) is 0 Å². The molecule has 0 amide bonds. The van der Waals surface area contributed by atoms with Gasteiger partial charge in [0.2, 0.25) is 0 Å². The minimum Gasteiger partial charge on any atom is -0.287 e. The minimum atomic E-state index is -0.377. The molecule has 274 valence electrons. The summed E-state index contributed by atoms with van der Waals surface area (Å²) in [7, 11) is 0. The summed E-state index contributed by atoms with van der Waals surface area (Å²) < 4.78 is 0. The highest BCUT2D eigenvalue weighted by Crippen LogP contribution is 2.92. The Morgan fingerprint density at radius 1 is 0.258 bits per heavy atom. The Bertz CT molecular complexity index is 6510. The Hall–Kier alpha value is -7.52. The first kappa shape index (κ1) is 24.1. The van der Waals surface area contributed by atoms with E-state index in [0.717, 1.165) is 5.75 Å². The molecule has 66 heavy (non-hydrogen) atoms. The third-order valence-electron chi connectivity index (χ3n) is 24.8. The molecule has 0 bridgehead atoms. The molecule has 0 aromatic heterocycles. The van der Waals surface area contributed by atoms with Crippen molar-refractivity contribution in [2.24, 2.45) is 5.92 Å². The molecule has 0 unspecified atom stereocenters. The smallest absolute Gasteiger partial charge is 0.194 e. The van der Waals surface area contributed by atoms with Crippen LogP contribution in [0.5, 0.6) is 0 Å². The highest BCUT2D eigenvalue weighted by molar-refractivity contribution is 8.13. The minimum absolute atomic E-state index is 0.0940. The third-order valence-corrected chi connectivity index (χ3v) is 25.6. The fraction of sp³-hybridized carbons (Fsp3) is 0.0781.